The van der Waals surface area contributed by atoms with Crippen molar-refractivity contribution in [3.63, 3.8) is 0 Å². The first-order valence-electron chi connectivity index (χ1n) is 7.61. The standard InChI is InChI=1S/C15H28N2O3/c1-4-20-15(19)6-5-12-8-13(16)10-17(9-12)14(18)7-11(2)3/h11-13H,4-10,16H2,1-3H3. The van der Waals surface area contributed by atoms with Crippen LogP contribution in [0.4, 0.5) is 0 Å². The highest BCUT2D eigenvalue weighted by molar-refractivity contribution is 5.76. The lowest BCUT2D eigenvalue weighted by Gasteiger charge is -2.36. The number of nitrogens with zero attached hydrogens (tertiary/aromatic N) is 1. The zero-order valence-electron chi connectivity index (χ0n) is 12.9. The highest BCUT2D eigenvalue weighted by Gasteiger charge is 2.28. The summed E-state index contributed by atoms with van der Waals surface area (Å²) in [5.41, 5.74) is 6.04. The molecule has 116 valence electrons. The molecule has 1 aliphatic rings. The minimum atomic E-state index is -0.160. The van der Waals surface area contributed by atoms with Gasteiger partial charge in [0.05, 0.1) is 6.61 Å². The van der Waals surface area contributed by atoms with E-state index >= 15 is 0 Å². The maximum atomic E-state index is 12.1. The van der Waals surface area contributed by atoms with E-state index in [0.29, 0.717) is 37.8 Å². The highest BCUT2D eigenvalue weighted by Crippen LogP contribution is 2.22. The fourth-order valence-corrected chi connectivity index (χ4v) is 2.69. The van der Waals surface area contributed by atoms with Crippen molar-refractivity contribution in [3.8, 4) is 0 Å². The lowest BCUT2D eigenvalue weighted by atomic mass is 9.90. The number of hydrogen-bond donors (Lipinski definition) is 1. The molecule has 0 spiro atoms. The van der Waals surface area contributed by atoms with E-state index in [0.717, 1.165) is 19.4 Å². The minimum absolute atomic E-state index is 0.0204. The summed E-state index contributed by atoms with van der Waals surface area (Å²) in [7, 11) is 0. The van der Waals surface area contributed by atoms with Gasteiger partial charge in [-0.15, -0.1) is 0 Å². The Morgan fingerprint density at radius 3 is 2.65 bits per heavy atom. The molecule has 0 bridgehead atoms. The lowest BCUT2D eigenvalue weighted by Crippen LogP contribution is -2.49. The van der Waals surface area contributed by atoms with Gasteiger partial charge in [-0.1, -0.05) is 13.8 Å². The van der Waals surface area contributed by atoms with Crippen LogP contribution in [-0.2, 0) is 14.3 Å². The topological polar surface area (TPSA) is 72.6 Å². The minimum Gasteiger partial charge on any atom is -0.466 e. The molecule has 5 heteroatoms. The molecule has 0 aromatic heterocycles. The van der Waals surface area contributed by atoms with Crippen molar-refractivity contribution in [1.82, 2.24) is 4.90 Å². The molecule has 2 atom stereocenters. The Morgan fingerprint density at radius 2 is 2.05 bits per heavy atom. The number of rotatable bonds is 6. The molecule has 1 amide bonds. The van der Waals surface area contributed by atoms with Crippen molar-refractivity contribution >= 4 is 11.9 Å². The second-order valence-electron chi connectivity index (χ2n) is 6.10. The summed E-state index contributed by atoms with van der Waals surface area (Å²) in [5, 5.41) is 0. The predicted molar refractivity (Wildman–Crippen MR) is 78.0 cm³/mol. The van der Waals surface area contributed by atoms with Crippen LogP contribution in [-0.4, -0.2) is 42.5 Å². The average Bonchev–Trinajstić information content (AvgIpc) is 2.35. The number of carbonyl (C=O) groups excluding carboxylic acids is 2. The van der Waals surface area contributed by atoms with Gasteiger partial charge in [-0.2, -0.15) is 0 Å². The van der Waals surface area contributed by atoms with E-state index in [4.69, 9.17) is 10.5 Å². The second kappa shape index (κ2) is 8.25. The first kappa shape index (κ1) is 17.0. The third kappa shape index (κ3) is 5.90. The molecule has 0 aliphatic carbocycles. The number of carbonyl (C=O) groups is 2. The van der Waals surface area contributed by atoms with Gasteiger partial charge in [0.1, 0.15) is 0 Å². The number of piperidine rings is 1. The van der Waals surface area contributed by atoms with Gasteiger partial charge in [-0.3, -0.25) is 9.59 Å². The fourth-order valence-electron chi connectivity index (χ4n) is 2.69. The third-order valence-corrected chi connectivity index (χ3v) is 3.57. The number of esters is 1. The molecular weight excluding hydrogens is 256 g/mol. The Hall–Kier alpha value is -1.10. The van der Waals surface area contributed by atoms with Crippen LogP contribution >= 0.6 is 0 Å². The molecule has 1 aliphatic heterocycles. The first-order chi connectivity index (χ1) is 9.42. The predicted octanol–water partition coefficient (Wildman–Crippen LogP) is 1.55. The van der Waals surface area contributed by atoms with Gasteiger partial charge < -0.3 is 15.4 Å². The number of hydrogen-bond acceptors (Lipinski definition) is 4. The monoisotopic (exact) mass is 284 g/mol. The van der Waals surface area contributed by atoms with Crippen LogP contribution in [0, 0.1) is 11.8 Å². The smallest absolute Gasteiger partial charge is 0.305 e. The van der Waals surface area contributed by atoms with Gasteiger partial charge in [0.25, 0.3) is 0 Å². The Kier molecular flexibility index (Phi) is 6.99. The molecule has 20 heavy (non-hydrogen) atoms. The van der Waals surface area contributed by atoms with Gasteiger partial charge in [0, 0.05) is 32.0 Å². The first-order valence-corrected chi connectivity index (χ1v) is 7.61. The van der Waals surface area contributed by atoms with E-state index < -0.39 is 0 Å². The van der Waals surface area contributed by atoms with E-state index in [9.17, 15) is 9.59 Å². The van der Waals surface area contributed by atoms with Gasteiger partial charge >= 0.3 is 5.97 Å². The van der Waals surface area contributed by atoms with E-state index in [1.807, 2.05) is 18.7 Å². The van der Waals surface area contributed by atoms with Crippen LogP contribution in [0.2, 0.25) is 0 Å². The highest BCUT2D eigenvalue weighted by atomic mass is 16.5. The van der Waals surface area contributed by atoms with Crippen LogP contribution in [0.15, 0.2) is 0 Å². The molecule has 0 aromatic carbocycles. The Balaban J connectivity index is 2.45. The molecule has 1 fully saturated rings. The van der Waals surface area contributed by atoms with Crippen molar-refractivity contribution in [3.05, 3.63) is 0 Å². The maximum absolute atomic E-state index is 12.1. The summed E-state index contributed by atoms with van der Waals surface area (Å²) in [6.45, 7) is 7.67. The van der Waals surface area contributed by atoms with Gasteiger partial charge in [-0.05, 0) is 31.6 Å². The molecule has 1 rings (SSSR count). The normalized spacial score (nSPS) is 22.9. The molecule has 2 N–H and O–H groups in total. The van der Waals surface area contributed by atoms with E-state index in [1.54, 1.807) is 6.92 Å². The SMILES string of the molecule is CCOC(=O)CCC1CC(N)CN(C(=O)CC(C)C)C1. The zero-order chi connectivity index (χ0) is 15.1. The van der Waals surface area contributed by atoms with Crippen LogP contribution in [0.25, 0.3) is 0 Å². The molecule has 0 aromatic rings. The molecule has 2 unspecified atom stereocenters. The molecule has 0 saturated carbocycles. The van der Waals surface area contributed by atoms with Crippen LogP contribution in [0.5, 0.6) is 0 Å². The summed E-state index contributed by atoms with van der Waals surface area (Å²) in [4.78, 5) is 25.4. The maximum Gasteiger partial charge on any atom is 0.305 e. The fraction of sp³-hybridized carbons (Fsp3) is 0.867. The Morgan fingerprint density at radius 1 is 1.35 bits per heavy atom. The van der Waals surface area contributed by atoms with Crippen molar-refractivity contribution < 1.29 is 14.3 Å². The van der Waals surface area contributed by atoms with Crippen molar-refractivity contribution in [2.24, 2.45) is 17.6 Å². The second-order valence-corrected chi connectivity index (χ2v) is 6.10. The van der Waals surface area contributed by atoms with Crippen LogP contribution in [0.3, 0.4) is 0 Å². The van der Waals surface area contributed by atoms with E-state index in [2.05, 4.69) is 0 Å². The summed E-state index contributed by atoms with van der Waals surface area (Å²) >= 11 is 0. The molecular formula is C15H28N2O3. The van der Waals surface area contributed by atoms with E-state index in [-0.39, 0.29) is 17.9 Å². The van der Waals surface area contributed by atoms with Crippen molar-refractivity contribution in [2.45, 2.75) is 52.5 Å². The number of ether oxygens (including phenoxy) is 1. The Bertz CT molecular complexity index is 331. The van der Waals surface area contributed by atoms with Crippen molar-refractivity contribution in [2.75, 3.05) is 19.7 Å². The number of nitrogens with two attached hydrogens (primary N) is 1. The summed E-state index contributed by atoms with van der Waals surface area (Å²) in [6.07, 6.45) is 2.61. The third-order valence-electron chi connectivity index (χ3n) is 3.57. The quantitative estimate of drug-likeness (QED) is 0.751. The molecule has 0 radical (unpaired) electrons. The lowest BCUT2D eigenvalue weighted by molar-refractivity contribution is -0.143. The van der Waals surface area contributed by atoms with E-state index in [1.165, 1.54) is 0 Å². The molecule has 1 heterocycles. The van der Waals surface area contributed by atoms with Gasteiger partial charge in [0.2, 0.25) is 5.91 Å². The van der Waals surface area contributed by atoms with Gasteiger partial charge in [-0.25, -0.2) is 0 Å². The summed E-state index contributed by atoms with van der Waals surface area (Å²) in [5.74, 6) is 0.681. The molecule has 1 saturated heterocycles. The number of amides is 1. The van der Waals surface area contributed by atoms with Gasteiger partial charge in [0.15, 0.2) is 0 Å². The van der Waals surface area contributed by atoms with Crippen molar-refractivity contribution in [1.29, 1.82) is 0 Å². The average molecular weight is 284 g/mol. The zero-order valence-corrected chi connectivity index (χ0v) is 12.9. The molecule has 5 nitrogen and oxygen atoms in total. The number of likely N-dealkylation sites (tertiary alicyclic amines) is 1. The largest absolute Gasteiger partial charge is 0.466 e. The Labute approximate surface area is 121 Å². The summed E-state index contributed by atoms with van der Waals surface area (Å²) in [6, 6.07) is 0.0204. The summed E-state index contributed by atoms with van der Waals surface area (Å²) < 4.78 is 4.94. The van der Waals surface area contributed by atoms with Crippen LogP contribution < -0.4 is 5.73 Å². The van der Waals surface area contributed by atoms with Crippen LogP contribution in [0.1, 0.15) is 46.5 Å².